The maximum atomic E-state index is 5.93. The van der Waals surface area contributed by atoms with E-state index in [1.54, 1.807) is 7.11 Å². The molecule has 6 heteroatoms. The lowest BCUT2D eigenvalue weighted by Gasteiger charge is -2.31. The topological polar surface area (TPSA) is 76.3 Å². The molecule has 1 aromatic heterocycles. The van der Waals surface area contributed by atoms with Crippen LogP contribution in [-0.4, -0.2) is 49.4 Å². The maximum absolute atomic E-state index is 5.93. The predicted octanol–water partition coefficient (Wildman–Crippen LogP) is 0.771. The molecule has 0 amide bonds. The summed E-state index contributed by atoms with van der Waals surface area (Å²) in [5, 5.41) is 3.18. The van der Waals surface area contributed by atoms with Crippen molar-refractivity contribution in [2.75, 3.05) is 43.6 Å². The van der Waals surface area contributed by atoms with E-state index in [0.29, 0.717) is 25.1 Å². The van der Waals surface area contributed by atoms with E-state index in [4.69, 9.17) is 10.5 Å². The van der Waals surface area contributed by atoms with Crippen LogP contribution in [0.5, 0.6) is 0 Å². The van der Waals surface area contributed by atoms with Gasteiger partial charge in [0.05, 0.1) is 6.61 Å². The molecule has 0 unspecified atom stereocenters. The molecule has 0 aliphatic carbocycles. The zero-order valence-corrected chi connectivity index (χ0v) is 11.7. The lowest BCUT2D eigenvalue weighted by atomic mass is 10.1. The standard InChI is InChI=1S/C13H23N5O/c1-10-9-12(18-6-3-11(14)4-7-18)17-13(16-10)15-5-8-19-2/h9,11H,3-8,14H2,1-2H3,(H,15,16,17). The second-order valence-corrected chi connectivity index (χ2v) is 4.94. The number of anilines is 2. The van der Waals surface area contributed by atoms with Crippen LogP contribution in [-0.2, 0) is 4.74 Å². The van der Waals surface area contributed by atoms with Gasteiger partial charge in [-0.2, -0.15) is 4.98 Å². The van der Waals surface area contributed by atoms with Gasteiger partial charge in [-0.15, -0.1) is 0 Å². The number of hydrogen-bond donors (Lipinski definition) is 2. The van der Waals surface area contributed by atoms with Gasteiger partial charge in [-0.3, -0.25) is 0 Å². The first-order chi connectivity index (χ1) is 9.19. The summed E-state index contributed by atoms with van der Waals surface area (Å²) in [6.45, 7) is 5.28. The van der Waals surface area contributed by atoms with Gasteiger partial charge in [0.1, 0.15) is 5.82 Å². The third kappa shape index (κ3) is 4.04. The third-order valence-corrected chi connectivity index (χ3v) is 3.29. The summed E-state index contributed by atoms with van der Waals surface area (Å²) in [4.78, 5) is 11.2. The molecule has 2 rings (SSSR count). The quantitative estimate of drug-likeness (QED) is 0.766. The Hall–Kier alpha value is -1.40. The van der Waals surface area contributed by atoms with Crippen molar-refractivity contribution in [1.82, 2.24) is 9.97 Å². The van der Waals surface area contributed by atoms with Gasteiger partial charge in [0.2, 0.25) is 5.95 Å². The fourth-order valence-electron chi connectivity index (χ4n) is 2.19. The van der Waals surface area contributed by atoms with Crippen molar-refractivity contribution < 1.29 is 4.74 Å². The molecular formula is C13H23N5O. The van der Waals surface area contributed by atoms with Crippen molar-refractivity contribution in [1.29, 1.82) is 0 Å². The Bertz CT molecular complexity index is 404. The highest BCUT2D eigenvalue weighted by Gasteiger charge is 2.18. The third-order valence-electron chi connectivity index (χ3n) is 3.29. The van der Waals surface area contributed by atoms with E-state index >= 15 is 0 Å². The highest BCUT2D eigenvalue weighted by molar-refractivity contribution is 5.45. The van der Waals surface area contributed by atoms with E-state index < -0.39 is 0 Å². The van der Waals surface area contributed by atoms with E-state index in [9.17, 15) is 0 Å². The molecule has 3 N–H and O–H groups in total. The zero-order chi connectivity index (χ0) is 13.7. The van der Waals surface area contributed by atoms with Crippen LogP contribution in [0, 0.1) is 6.92 Å². The molecule has 0 bridgehead atoms. The molecule has 1 saturated heterocycles. The molecule has 0 aromatic carbocycles. The summed E-state index contributed by atoms with van der Waals surface area (Å²) >= 11 is 0. The average Bonchev–Trinajstić information content (AvgIpc) is 2.39. The van der Waals surface area contributed by atoms with Gasteiger partial charge in [0, 0.05) is 44.5 Å². The van der Waals surface area contributed by atoms with Crippen LogP contribution in [0.25, 0.3) is 0 Å². The minimum Gasteiger partial charge on any atom is -0.383 e. The van der Waals surface area contributed by atoms with Crippen LogP contribution in [0.3, 0.4) is 0 Å². The fourth-order valence-corrected chi connectivity index (χ4v) is 2.19. The maximum Gasteiger partial charge on any atom is 0.224 e. The van der Waals surface area contributed by atoms with Crippen molar-refractivity contribution in [3.63, 3.8) is 0 Å². The van der Waals surface area contributed by atoms with Crippen LogP contribution >= 0.6 is 0 Å². The van der Waals surface area contributed by atoms with Crippen molar-refractivity contribution in [2.24, 2.45) is 5.73 Å². The molecular weight excluding hydrogens is 242 g/mol. The SMILES string of the molecule is COCCNc1nc(C)cc(N2CCC(N)CC2)n1. The van der Waals surface area contributed by atoms with Gasteiger partial charge >= 0.3 is 0 Å². The van der Waals surface area contributed by atoms with Crippen molar-refractivity contribution in [3.8, 4) is 0 Å². The lowest BCUT2D eigenvalue weighted by molar-refractivity contribution is 0.210. The summed E-state index contributed by atoms with van der Waals surface area (Å²) in [5.41, 5.74) is 6.90. The minimum absolute atomic E-state index is 0.332. The molecule has 2 heterocycles. The number of methoxy groups -OCH3 is 1. The highest BCUT2D eigenvalue weighted by Crippen LogP contribution is 2.19. The summed E-state index contributed by atoms with van der Waals surface area (Å²) in [6.07, 6.45) is 2.05. The second kappa shape index (κ2) is 6.68. The Morgan fingerprint density at radius 1 is 1.42 bits per heavy atom. The van der Waals surface area contributed by atoms with Gasteiger partial charge in [-0.05, 0) is 19.8 Å². The Morgan fingerprint density at radius 3 is 2.84 bits per heavy atom. The Kier molecular flexibility index (Phi) is 4.93. The van der Waals surface area contributed by atoms with Gasteiger partial charge in [0.15, 0.2) is 0 Å². The van der Waals surface area contributed by atoms with Gasteiger partial charge in [-0.1, -0.05) is 0 Å². The zero-order valence-electron chi connectivity index (χ0n) is 11.7. The second-order valence-electron chi connectivity index (χ2n) is 4.94. The molecule has 1 fully saturated rings. The number of hydrogen-bond acceptors (Lipinski definition) is 6. The summed E-state index contributed by atoms with van der Waals surface area (Å²) in [5.74, 6) is 1.65. The van der Waals surface area contributed by atoms with E-state index in [2.05, 4.69) is 20.2 Å². The number of nitrogens with zero attached hydrogens (tertiary/aromatic N) is 3. The molecule has 6 nitrogen and oxygen atoms in total. The normalized spacial score (nSPS) is 16.7. The number of nitrogens with two attached hydrogens (primary N) is 1. The molecule has 106 valence electrons. The average molecular weight is 265 g/mol. The number of rotatable bonds is 5. The molecule has 0 saturated carbocycles. The van der Waals surface area contributed by atoms with Gasteiger partial charge in [-0.25, -0.2) is 4.98 Å². The lowest BCUT2D eigenvalue weighted by Crippen LogP contribution is -2.40. The van der Waals surface area contributed by atoms with E-state index in [1.165, 1.54) is 0 Å². The van der Waals surface area contributed by atoms with Gasteiger partial charge < -0.3 is 20.7 Å². The first-order valence-electron chi connectivity index (χ1n) is 6.78. The Balaban J connectivity index is 2.03. The van der Waals surface area contributed by atoms with Crippen molar-refractivity contribution in [2.45, 2.75) is 25.8 Å². The Morgan fingerprint density at radius 2 is 2.16 bits per heavy atom. The van der Waals surface area contributed by atoms with Crippen LogP contribution in [0.4, 0.5) is 11.8 Å². The molecule has 1 aliphatic heterocycles. The fraction of sp³-hybridized carbons (Fsp3) is 0.692. The summed E-state index contributed by atoms with van der Waals surface area (Å²) in [7, 11) is 1.68. The van der Waals surface area contributed by atoms with Crippen LogP contribution < -0.4 is 16.0 Å². The first-order valence-corrected chi connectivity index (χ1v) is 6.78. The monoisotopic (exact) mass is 265 g/mol. The number of piperidine rings is 1. The molecule has 0 atom stereocenters. The molecule has 1 aromatic rings. The van der Waals surface area contributed by atoms with Crippen LogP contribution in [0.2, 0.25) is 0 Å². The first kappa shape index (κ1) is 14.0. The van der Waals surface area contributed by atoms with E-state index in [1.807, 2.05) is 13.0 Å². The number of aromatic nitrogens is 2. The Labute approximate surface area is 114 Å². The number of aryl methyl sites for hydroxylation is 1. The molecule has 1 aliphatic rings. The summed E-state index contributed by atoms with van der Waals surface area (Å²) < 4.78 is 5.01. The molecule has 0 spiro atoms. The van der Waals surface area contributed by atoms with Crippen molar-refractivity contribution in [3.05, 3.63) is 11.8 Å². The highest BCUT2D eigenvalue weighted by atomic mass is 16.5. The number of ether oxygens (including phenoxy) is 1. The van der Waals surface area contributed by atoms with Crippen molar-refractivity contribution >= 4 is 11.8 Å². The molecule has 19 heavy (non-hydrogen) atoms. The minimum atomic E-state index is 0.332. The van der Waals surface area contributed by atoms with Crippen LogP contribution in [0.1, 0.15) is 18.5 Å². The number of nitrogens with one attached hydrogen (secondary N) is 1. The van der Waals surface area contributed by atoms with E-state index in [-0.39, 0.29) is 0 Å². The van der Waals surface area contributed by atoms with Crippen LogP contribution in [0.15, 0.2) is 6.07 Å². The smallest absolute Gasteiger partial charge is 0.224 e. The largest absolute Gasteiger partial charge is 0.383 e. The predicted molar refractivity (Wildman–Crippen MR) is 76.6 cm³/mol. The summed E-state index contributed by atoms with van der Waals surface area (Å²) in [6, 6.07) is 2.36. The molecule has 0 radical (unpaired) electrons. The van der Waals surface area contributed by atoms with Gasteiger partial charge in [0.25, 0.3) is 0 Å². The van der Waals surface area contributed by atoms with E-state index in [0.717, 1.165) is 37.4 Å².